The molecule has 0 radical (unpaired) electrons. The lowest BCUT2D eigenvalue weighted by Crippen LogP contribution is -2.40. The van der Waals surface area contributed by atoms with Crippen LogP contribution in [-0.2, 0) is 4.79 Å². The summed E-state index contributed by atoms with van der Waals surface area (Å²) in [5, 5.41) is 18.7. The van der Waals surface area contributed by atoms with Crippen LogP contribution in [0.4, 0.5) is 0 Å². The van der Waals surface area contributed by atoms with E-state index >= 15 is 0 Å². The number of rotatable bonds is 2. The molecule has 2 aliphatic rings. The Balaban J connectivity index is 1.86. The van der Waals surface area contributed by atoms with Gasteiger partial charge in [-0.1, -0.05) is 0 Å². The lowest BCUT2D eigenvalue weighted by molar-refractivity contribution is -0.141. The van der Waals surface area contributed by atoms with Gasteiger partial charge in [-0.15, -0.1) is 0 Å². The Hall–Kier alpha value is -2.28. The fourth-order valence-electron chi connectivity index (χ4n) is 2.61. The zero-order chi connectivity index (χ0) is 15.0. The third-order valence-corrected chi connectivity index (χ3v) is 3.61. The van der Waals surface area contributed by atoms with Gasteiger partial charge in [-0.05, 0) is 18.2 Å². The molecule has 1 aromatic carbocycles. The second-order valence-corrected chi connectivity index (χ2v) is 5.06. The molecule has 1 fully saturated rings. The minimum absolute atomic E-state index is 0.0181. The van der Waals surface area contributed by atoms with Crippen molar-refractivity contribution in [3.05, 3.63) is 23.8 Å². The van der Waals surface area contributed by atoms with Crippen LogP contribution in [0.3, 0.4) is 0 Å². The van der Waals surface area contributed by atoms with Gasteiger partial charge in [-0.2, -0.15) is 0 Å². The Morgan fingerprint density at radius 1 is 1.19 bits per heavy atom. The molecule has 0 spiro atoms. The van der Waals surface area contributed by atoms with Crippen LogP contribution in [0, 0.1) is 0 Å². The number of carbonyl (C=O) groups is 2. The first-order valence-electron chi connectivity index (χ1n) is 6.68. The smallest absolute Gasteiger partial charge is 0.326 e. The van der Waals surface area contributed by atoms with Crippen LogP contribution in [-0.4, -0.2) is 58.9 Å². The van der Waals surface area contributed by atoms with Crippen LogP contribution in [0.25, 0.3) is 0 Å². The van der Waals surface area contributed by atoms with Gasteiger partial charge in [0, 0.05) is 18.5 Å². The molecule has 2 atom stereocenters. The van der Waals surface area contributed by atoms with E-state index in [-0.39, 0.29) is 13.0 Å². The van der Waals surface area contributed by atoms with Crippen molar-refractivity contribution in [2.45, 2.75) is 18.6 Å². The molecule has 2 heterocycles. The molecule has 1 saturated heterocycles. The van der Waals surface area contributed by atoms with Crippen molar-refractivity contribution in [2.75, 3.05) is 19.8 Å². The molecule has 0 saturated carbocycles. The predicted octanol–water partition coefficient (Wildman–Crippen LogP) is 0.118. The highest BCUT2D eigenvalue weighted by Gasteiger charge is 2.39. The van der Waals surface area contributed by atoms with Crippen molar-refractivity contribution in [3.8, 4) is 11.5 Å². The molecule has 0 aliphatic carbocycles. The lowest BCUT2D eigenvalue weighted by Gasteiger charge is -2.23. The number of likely N-dealkylation sites (tertiary alicyclic amines) is 1. The van der Waals surface area contributed by atoms with Crippen LogP contribution < -0.4 is 9.47 Å². The van der Waals surface area contributed by atoms with E-state index in [1.54, 1.807) is 18.2 Å². The molecule has 2 aliphatic heterocycles. The molecule has 112 valence electrons. The number of benzene rings is 1. The number of carboxylic acid groups (broad SMARTS) is 1. The topological polar surface area (TPSA) is 96.3 Å². The molecule has 21 heavy (non-hydrogen) atoms. The van der Waals surface area contributed by atoms with E-state index in [0.29, 0.717) is 30.3 Å². The molecule has 1 amide bonds. The summed E-state index contributed by atoms with van der Waals surface area (Å²) in [5.41, 5.74) is 0.319. The zero-order valence-electron chi connectivity index (χ0n) is 11.2. The zero-order valence-corrected chi connectivity index (χ0v) is 11.2. The number of aliphatic hydroxyl groups is 1. The number of nitrogens with zero attached hydrogens (tertiary/aromatic N) is 1. The minimum Gasteiger partial charge on any atom is -0.486 e. The molecule has 7 nitrogen and oxygen atoms in total. The summed E-state index contributed by atoms with van der Waals surface area (Å²) in [7, 11) is 0. The largest absolute Gasteiger partial charge is 0.486 e. The highest BCUT2D eigenvalue weighted by molar-refractivity contribution is 5.97. The summed E-state index contributed by atoms with van der Waals surface area (Å²) < 4.78 is 10.8. The van der Waals surface area contributed by atoms with Gasteiger partial charge in [0.2, 0.25) is 0 Å². The normalized spacial score (nSPS) is 24.0. The number of hydrogen-bond donors (Lipinski definition) is 2. The first kappa shape index (κ1) is 13.7. The maximum absolute atomic E-state index is 12.4. The molecule has 0 bridgehead atoms. The van der Waals surface area contributed by atoms with E-state index in [2.05, 4.69) is 0 Å². The molecular weight excluding hydrogens is 278 g/mol. The molecule has 2 N–H and O–H groups in total. The second kappa shape index (κ2) is 5.25. The van der Waals surface area contributed by atoms with Crippen LogP contribution in [0.1, 0.15) is 16.8 Å². The van der Waals surface area contributed by atoms with E-state index in [1.165, 1.54) is 4.90 Å². The van der Waals surface area contributed by atoms with Crippen molar-refractivity contribution in [1.29, 1.82) is 0 Å². The Morgan fingerprint density at radius 3 is 2.62 bits per heavy atom. The number of amides is 1. The quantitative estimate of drug-likeness (QED) is 0.804. The Bertz CT molecular complexity index is 587. The highest BCUT2D eigenvalue weighted by atomic mass is 16.6. The molecular formula is C14H15NO6. The van der Waals surface area contributed by atoms with Crippen LogP contribution in [0.15, 0.2) is 18.2 Å². The number of fused-ring (bicyclic) bond motifs is 1. The van der Waals surface area contributed by atoms with E-state index in [1.807, 2.05) is 0 Å². The highest BCUT2D eigenvalue weighted by Crippen LogP contribution is 2.32. The third-order valence-electron chi connectivity index (χ3n) is 3.61. The summed E-state index contributed by atoms with van der Waals surface area (Å²) >= 11 is 0. The molecule has 0 aromatic heterocycles. The van der Waals surface area contributed by atoms with E-state index in [4.69, 9.17) is 14.6 Å². The maximum atomic E-state index is 12.4. The first-order chi connectivity index (χ1) is 10.1. The summed E-state index contributed by atoms with van der Waals surface area (Å²) in [6.45, 7) is 0.884. The second-order valence-electron chi connectivity index (χ2n) is 5.06. The van der Waals surface area contributed by atoms with Gasteiger partial charge >= 0.3 is 5.97 Å². The van der Waals surface area contributed by atoms with Gasteiger partial charge in [0.1, 0.15) is 19.3 Å². The number of ether oxygens (including phenoxy) is 2. The van der Waals surface area contributed by atoms with Crippen molar-refractivity contribution < 1.29 is 29.3 Å². The molecule has 0 unspecified atom stereocenters. The summed E-state index contributed by atoms with van der Waals surface area (Å²) in [6, 6.07) is 3.74. The molecule has 3 rings (SSSR count). The van der Waals surface area contributed by atoms with Crippen molar-refractivity contribution in [1.82, 2.24) is 4.90 Å². The van der Waals surface area contributed by atoms with Gasteiger partial charge in [0.25, 0.3) is 5.91 Å². The van der Waals surface area contributed by atoms with Crippen molar-refractivity contribution in [3.63, 3.8) is 0 Å². The predicted molar refractivity (Wildman–Crippen MR) is 70.5 cm³/mol. The molecule has 1 aromatic rings. The van der Waals surface area contributed by atoms with Gasteiger partial charge < -0.3 is 24.6 Å². The van der Waals surface area contributed by atoms with Crippen molar-refractivity contribution >= 4 is 11.9 Å². The number of carboxylic acids is 1. The van der Waals surface area contributed by atoms with Crippen LogP contribution in [0.2, 0.25) is 0 Å². The minimum atomic E-state index is -1.11. The van der Waals surface area contributed by atoms with Gasteiger partial charge in [-0.25, -0.2) is 4.79 Å². The lowest BCUT2D eigenvalue weighted by atomic mass is 10.1. The fraction of sp³-hybridized carbons (Fsp3) is 0.429. The summed E-state index contributed by atoms with van der Waals surface area (Å²) in [5.74, 6) is -0.513. The third kappa shape index (κ3) is 2.52. The van der Waals surface area contributed by atoms with Gasteiger partial charge in [0.05, 0.1) is 6.10 Å². The Morgan fingerprint density at radius 2 is 1.90 bits per heavy atom. The first-order valence-corrected chi connectivity index (χ1v) is 6.68. The number of aliphatic hydroxyl groups excluding tert-OH is 1. The van der Waals surface area contributed by atoms with E-state index in [0.717, 1.165) is 0 Å². The SMILES string of the molecule is O=C(O)[C@H]1C[C@@H](O)CN1C(=O)c1ccc2c(c1)OCCO2. The standard InChI is InChI=1S/C14H15NO6/c16-9-6-10(14(18)19)15(7-9)13(17)8-1-2-11-12(5-8)21-4-3-20-11/h1-2,5,9-10,16H,3-4,6-7H2,(H,18,19)/t9-,10-/m1/s1. The summed E-state index contributed by atoms with van der Waals surface area (Å²) in [4.78, 5) is 24.8. The van der Waals surface area contributed by atoms with Gasteiger partial charge in [-0.3, -0.25) is 4.79 Å². The number of carbonyl (C=O) groups excluding carboxylic acids is 1. The Kier molecular flexibility index (Phi) is 3.42. The number of hydrogen-bond acceptors (Lipinski definition) is 5. The van der Waals surface area contributed by atoms with Crippen LogP contribution in [0.5, 0.6) is 11.5 Å². The van der Waals surface area contributed by atoms with Gasteiger partial charge in [0.15, 0.2) is 11.5 Å². The average molecular weight is 293 g/mol. The summed E-state index contributed by atoms with van der Waals surface area (Å²) in [6.07, 6.45) is -0.765. The number of β-amino-alcohol motifs (C(OH)–C–C–N with tert-alkyl or cyclic N) is 1. The van der Waals surface area contributed by atoms with Crippen molar-refractivity contribution in [2.24, 2.45) is 0 Å². The number of aliphatic carboxylic acids is 1. The maximum Gasteiger partial charge on any atom is 0.326 e. The van der Waals surface area contributed by atoms with E-state index in [9.17, 15) is 14.7 Å². The molecule has 7 heteroatoms. The van der Waals surface area contributed by atoms with E-state index < -0.39 is 24.0 Å². The average Bonchev–Trinajstić information content (AvgIpc) is 2.88. The monoisotopic (exact) mass is 293 g/mol. The fourth-order valence-corrected chi connectivity index (χ4v) is 2.61. The Labute approximate surface area is 120 Å². The van der Waals surface area contributed by atoms with Crippen LogP contribution >= 0.6 is 0 Å².